The van der Waals surface area contributed by atoms with Crippen LogP contribution in [0.1, 0.15) is 17.7 Å². The lowest BCUT2D eigenvalue weighted by molar-refractivity contribution is 0.903. The zero-order chi connectivity index (χ0) is 17.1. The smallest absolute Gasteiger partial charge is 0.246 e. The second kappa shape index (κ2) is 7.63. The van der Waals surface area contributed by atoms with Gasteiger partial charge in [0.05, 0.1) is 11.4 Å². The normalized spacial score (nSPS) is 14.2. The number of aromatic nitrogens is 4. The fraction of sp³-hybridized carbons (Fsp3) is 0.312. The molecule has 0 radical (unpaired) electrons. The highest BCUT2D eigenvalue weighted by molar-refractivity contribution is 8.01. The van der Waals surface area contributed by atoms with Crippen LogP contribution < -0.4 is 10.2 Å². The lowest BCUT2D eigenvalue weighted by Crippen LogP contribution is -2.18. The third-order valence-corrected chi connectivity index (χ3v) is 6.41. The summed E-state index contributed by atoms with van der Waals surface area (Å²) in [6.45, 7) is 2.62. The number of hydrogen-bond acceptors (Lipinski definition) is 7. The molecule has 6 nitrogen and oxygen atoms in total. The van der Waals surface area contributed by atoms with E-state index in [1.54, 1.807) is 23.1 Å². The molecule has 2 aromatic heterocycles. The van der Waals surface area contributed by atoms with Crippen molar-refractivity contribution in [3.05, 3.63) is 40.4 Å². The molecule has 0 unspecified atom stereocenters. The SMILES string of the molecule is Clc1nc(Sc2ccccc2)sc1CNc1nc(N2CCCC2)n[nH]1. The molecule has 0 amide bonds. The van der Waals surface area contributed by atoms with Crippen molar-refractivity contribution >= 4 is 46.6 Å². The Labute approximate surface area is 159 Å². The fourth-order valence-electron chi connectivity index (χ4n) is 2.61. The molecule has 1 aromatic carbocycles. The van der Waals surface area contributed by atoms with E-state index in [1.165, 1.54) is 12.8 Å². The third-order valence-electron chi connectivity index (χ3n) is 3.86. The summed E-state index contributed by atoms with van der Waals surface area (Å²) in [5.74, 6) is 1.42. The molecule has 4 rings (SSSR count). The van der Waals surface area contributed by atoms with Crippen molar-refractivity contribution in [2.24, 2.45) is 0 Å². The van der Waals surface area contributed by atoms with Gasteiger partial charge in [-0.15, -0.1) is 16.4 Å². The predicted molar refractivity (Wildman–Crippen MR) is 103 cm³/mol. The second-order valence-corrected chi connectivity index (χ2v) is 8.40. The molecule has 3 aromatic rings. The van der Waals surface area contributed by atoms with E-state index in [1.807, 2.05) is 18.2 Å². The van der Waals surface area contributed by atoms with Gasteiger partial charge in [-0.2, -0.15) is 4.98 Å². The van der Waals surface area contributed by atoms with Crippen molar-refractivity contribution in [3.8, 4) is 0 Å². The van der Waals surface area contributed by atoms with Crippen molar-refractivity contribution in [1.29, 1.82) is 0 Å². The van der Waals surface area contributed by atoms with Crippen LogP contribution in [-0.2, 0) is 6.54 Å². The molecule has 3 heterocycles. The Morgan fingerprint density at radius 2 is 2.00 bits per heavy atom. The van der Waals surface area contributed by atoms with Crippen LogP contribution in [0.25, 0.3) is 0 Å². The molecular formula is C16H17ClN6S2. The first-order valence-corrected chi connectivity index (χ1v) is 10.1. The predicted octanol–water partition coefficient (Wildman–Crippen LogP) is 4.28. The van der Waals surface area contributed by atoms with E-state index in [4.69, 9.17) is 11.6 Å². The minimum absolute atomic E-state index is 0.537. The molecule has 1 aliphatic heterocycles. The molecule has 0 saturated carbocycles. The molecule has 0 aliphatic carbocycles. The summed E-state index contributed by atoms with van der Waals surface area (Å²) >= 11 is 9.49. The molecule has 1 fully saturated rings. The van der Waals surface area contributed by atoms with E-state index in [2.05, 4.69) is 42.5 Å². The zero-order valence-electron chi connectivity index (χ0n) is 13.4. The average Bonchev–Trinajstić information content (AvgIpc) is 3.35. The molecule has 25 heavy (non-hydrogen) atoms. The summed E-state index contributed by atoms with van der Waals surface area (Å²) in [5, 5.41) is 11.0. The monoisotopic (exact) mass is 392 g/mol. The van der Waals surface area contributed by atoms with Crippen LogP contribution >= 0.6 is 34.7 Å². The minimum Gasteiger partial charge on any atom is -0.350 e. The van der Waals surface area contributed by atoms with Gasteiger partial charge in [-0.05, 0) is 25.0 Å². The lowest BCUT2D eigenvalue weighted by Gasteiger charge is -2.10. The Kier molecular flexibility index (Phi) is 5.09. The van der Waals surface area contributed by atoms with E-state index >= 15 is 0 Å². The molecule has 0 atom stereocenters. The van der Waals surface area contributed by atoms with Gasteiger partial charge >= 0.3 is 0 Å². The number of aromatic amines is 1. The van der Waals surface area contributed by atoms with Crippen LogP contribution in [0.15, 0.2) is 39.6 Å². The summed E-state index contributed by atoms with van der Waals surface area (Å²) in [7, 11) is 0. The summed E-state index contributed by atoms with van der Waals surface area (Å²) in [6, 6.07) is 10.2. The van der Waals surface area contributed by atoms with Gasteiger partial charge in [0.1, 0.15) is 5.15 Å². The fourth-order valence-corrected chi connectivity index (χ4v) is 4.99. The molecule has 0 spiro atoms. The van der Waals surface area contributed by atoms with Crippen molar-refractivity contribution in [1.82, 2.24) is 20.2 Å². The van der Waals surface area contributed by atoms with E-state index < -0.39 is 0 Å². The summed E-state index contributed by atoms with van der Waals surface area (Å²) in [6.07, 6.45) is 2.41. The Morgan fingerprint density at radius 1 is 1.20 bits per heavy atom. The first kappa shape index (κ1) is 16.7. The van der Waals surface area contributed by atoms with Crippen molar-refractivity contribution in [2.75, 3.05) is 23.3 Å². The van der Waals surface area contributed by atoms with Crippen LogP contribution in [-0.4, -0.2) is 33.3 Å². The number of halogens is 1. The molecular weight excluding hydrogens is 376 g/mol. The van der Waals surface area contributed by atoms with E-state index in [0.29, 0.717) is 17.6 Å². The number of rotatable bonds is 6. The van der Waals surface area contributed by atoms with E-state index in [-0.39, 0.29) is 0 Å². The van der Waals surface area contributed by atoms with Crippen LogP contribution in [0, 0.1) is 0 Å². The van der Waals surface area contributed by atoms with Crippen LogP contribution in [0.3, 0.4) is 0 Å². The Balaban J connectivity index is 1.38. The molecule has 9 heteroatoms. The summed E-state index contributed by atoms with van der Waals surface area (Å²) in [5.41, 5.74) is 0. The molecule has 130 valence electrons. The van der Waals surface area contributed by atoms with E-state index in [0.717, 1.165) is 33.2 Å². The maximum atomic E-state index is 6.28. The summed E-state index contributed by atoms with van der Waals surface area (Å²) in [4.78, 5) is 13.3. The molecule has 1 saturated heterocycles. The van der Waals surface area contributed by atoms with Gasteiger partial charge in [-0.1, -0.05) is 41.6 Å². The van der Waals surface area contributed by atoms with Gasteiger partial charge in [0.15, 0.2) is 4.34 Å². The quantitative estimate of drug-likeness (QED) is 0.652. The Bertz CT molecular complexity index is 828. The van der Waals surface area contributed by atoms with Crippen molar-refractivity contribution in [2.45, 2.75) is 28.6 Å². The Hall–Kier alpha value is -1.77. The first-order chi connectivity index (χ1) is 12.3. The number of thiazole rings is 1. The first-order valence-electron chi connectivity index (χ1n) is 8.07. The topological polar surface area (TPSA) is 69.7 Å². The number of anilines is 2. The standard InChI is InChI=1S/C16H17ClN6S2/c17-13-12(25-16(19-13)24-11-6-2-1-3-7-11)10-18-14-20-15(22-21-14)23-8-4-5-9-23/h1-3,6-7H,4-5,8-10H2,(H2,18,20,21,22). The van der Waals surface area contributed by atoms with Crippen LogP contribution in [0.2, 0.25) is 5.15 Å². The number of hydrogen-bond donors (Lipinski definition) is 2. The maximum Gasteiger partial charge on any atom is 0.246 e. The highest BCUT2D eigenvalue weighted by Crippen LogP contribution is 2.35. The minimum atomic E-state index is 0.537. The average molecular weight is 393 g/mol. The lowest BCUT2D eigenvalue weighted by atomic mass is 10.4. The van der Waals surface area contributed by atoms with Gasteiger partial charge in [-0.25, -0.2) is 10.1 Å². The highest BCUT2D eigenvalue weighted by Gasteiger charge is 2.17. The number of H-pyrrole nitrogens is 1. The third kappa shape index (κ3) is 4.08. The van der Waals surface area contributed by atoms with Crippen LogP contribution in [0.5, 0.6) is 0 Å². The van der Waals surface area contributed by atoms with Gasteiger partial charge < -0.3 is 10.2 Å². The Morgan fingerprint density at radius 3 is 2.80 bits per heavy atom. The van der Waals surface area contributed by atoms with Gasteiger partial charge in [-0.3, -0.25) is 0 Å². The van der Waals surface area contributed by atoms with Gasteiger partial charge in [0.25, 0.3) is 0 Å². The molecule has 2 N–H and O–H groups in total. The highest BCUT2D eigenvalue weighted by atomic mass is 35.5. The maximum absolute atomic E-state index is 6.28. The second-order valence-electron chi connectivity index (χ2n) is 5.64. The molecule has 0 bridgehead atoms. The van der Waals surface area contributed by atoms with Gasteiger partial charge in [0, 0.05) is 18.0 Å². The number of nitrogens with zero attached hydrogens (tertiary/aromatic N) is 4. The number of benzene rings is 1. The van der Waals surface area contributed by atoms with Crippen molar-refractivity contribution < 1.29 is 0 Å². The summed E-state index contributed by atoms with van der Waals surface area (Å²) < 4.78 is 0.934. The van der Waals surface area contributed by atoms with Gasteiger partial charge in [0.2, 0.25) is 11.9 Å². The number of nitrogens with one attached hydrogen (secondary N) is 2. The van der Waals surface area contributed by atoms with Crippen LogP contribution in [0.4, 0.5) is 11.9 Å². The van der Waals surface area contributed by atoms with E-state index in [9.17, 15) is 0 Å². The zero-order valence-corrected chi connectivity index (χ0v) is 15.8. The largest absolute Gasteiger partial charge is 0.350 e. The van der Waals surface area contributed by atoms with Crippen molar-refractivity contribution in [3.63, 3.8) is 0 Å². The molecule has 1 aliphatic rings.